The summed E-state index contributed by atoms with van der Waals surface area (Å²) in [4.78, 5) is 14.2. The molecule has 3 fully saturated rings. The predicted molar refractivity (Wildman–Crippen MR) is 111 cm³/mol. The maximum atomic E-state index is 12.2. The first-order valence-electron chi connectivity index (χ1n) is 11.1. The lowest BCUT2D eigenvalue weighted by Gasteiger charge is -2.60. The number of phenols is 1. The van der Waals surface area contributed by atoms with Gasteiger partial charge in [-0.1, -0.05) is 32.1 Å². The van der Waals surface area contributed by atoms with Crippen LogP contribution in [0.5, 0.6) is 5.75 Å². The lowest BCUT2D eigenvalue weighted by atomic mass is 9.47. The standard InChI is InChI=1S/C25H33NO2/c1-24-14-12-21-18(8-11-22-25(21,2)15-13-23(28)26(22)3)20(24)10-9-19(24)16-4-6-17(27)7-5-16/h4-7,13,15,18-22,27H,8-12,14H2,1-3H3/t18-,19?,20-,21+,22?,24+,25+/m0/s1. The summed E-state index contributed by atoms with van der Waals surface area (Å²) in [5.41, 5.74) is 1.90. The largest absolute Gasteiger partial charge is 0.508 e. The van der Waals surface area contributed by atoms with Crippen molar-refractivity contribution in [3.05, 3.63) is 42.0 Å². The number of phenolic OH excluding ortho intramolecular Hbond substituents is 1. The van der Waals surface area contributed by atoms with Gasteiger partial charge in [-0.05, 0) is 91.4 Å². The number of fused-ring (bicyclic) bond motifs is 5. The van der Waals surface area contributed by atoms with Crippen LogP contribution < -0.4 is 0 Å². The Bertz CT molecular complexity index is 814. The fraction of sp³-hybridized carbons (Fsp3) is 0.640. The zero-order valence-electron chi connectivity index (χ0n) is 17.4. The van der Waals surface area contributed by atoms with Crippen LogP contribution >= 0.6 is 0 Å². The van der Waals surface area contributed by atoms with Crippen LogP contribution in [0.3, 0.4) is 0 Å². The van der Waals surface area contributed by atoms with Crippen molar-refractivity contribution in [2.24, 2.45) is 28.6 Å². The van der Waals surface area contributed by atoms with E-state index < -0.39 is 0 Å². The molecule has 0 spiro atoms. The quantitative estimate of drug-likeness (QED) is 0.736. The molecular formula is C25H33NO2. The Kier molecular flexibility index (Phi) is 3.99. The van der Waals surface area contributed by atoms with Crippen LogP contribution in [-0.4, -0.2) is 29.0 Å². The Morgan fingerprint density at radius 3 is 2.50 bits per heavy atom. The Hall–Kier alpha value is -1.77. The molecule has 3 nitrogen and oxygen atoms in total. The molecule has 3 heteroatoms. The molecule has 0 radical (unpaired) electrons. The monoisotopic (exact) mass is 379 g/mol. The molecule has 1 aromatic carbocycles. The van der Waals surface area contributed by atoms with E-state index >= 15 is 0 Å². The van der Waals surface area contributed by atoms with E-state index in [0.717, 1.165) is 18.3 Å². The summed E-state index contributed by atoms with van der Waals surface area (Å²) in [6.07, 6.45) is 11.6. The van der Waals surface area contributed by atoms with Gasteiger partial charge in [-0.25, -0.2) is 0 Å². The minimum atomic E-state index is 0.129. The van der Waals surface area contributed by atoms with Gasteiger partial charge in [0.05, 0.1) is 0 Å². The van der Waals surface area contributed by atoms with Crippen LogP contribution in [0.2, 0.25) is 0 Å². The summed E-state index contributed by atoms with van der Waals surface area (Å²) in [6, 6.07) is 8.35. The molecule has 0 aromatic heterocycles. The summed E-state index contributed by atoms with van der Waals surface area (Å²) in [6.45, 7) is 4.96. The highest BCUT2D eigenvalue weighted by atomic mass is 16.3. The van der Waals surface area contributed by atoms with Crippen molar-refractivity contribution in [2.75, 3.05) is 7.05 Å². The van der Waals surface area contributed by atoms with Crippen molar-refractivity contribution in [1.82, 2.24) is 4.90 Å². The zero-order chi connectivity index (χ0) is 19.7. The molecule has 1 N–H and O–H groups in total. The fourth-order valence-corrected chi connectivity index (χ4v) is 7.99. The smallest absolute Gasteiger partial charge is 0.246 e. The lowest BCUT2D eigenvalue weighted by molar-refractivity contribution is -0.138. The minimum absolute atomic E-state index is 0.129. The molecule has 1 amide bonds. The second-order valence-electron chi connectivity index (χ2n) is 10.4. The molecule has 1 heterocycles. The molecule has 28 heavy (non-hydrogen) atoms. The number of benzene rings is 1. The van der Waals surface area contributed by atoms with Crippen LogP contribution in [0.15, 0.2) is 36.4 Å². The SMILES string of the molecule is CN1C(=O)C=C[C@@]2(C)C1CC[C@@H]1[C@H]2CC[C@]2(C)C(c3ccc(O)cc3)CC[C@@H]12. The third-order valence-electron chi connectivity index (χ3n) is 9.42. The first-order valence-corrected chi connectivity index (χ1v) is 11.1. The van der Waals surface area contributed by atoms with Gasteiger partial charge in [-0.3, -0.25) is 4.79 Å². The molecule has 4 aliphatic rings. The molecule has 7 atom stereocenters. The van der Waals surface area contributed by atoms with Gasteiger partial charge in [0.25, 0.3) is 0 Å². The molecule has 3 aliphatic carbocycles. The normalized spacial score (nSPS) is 44.8. The molecule has 3 saturated carbocycles. The Morgan fingerprint density at radius 2 is 1.75 bits per heavy atom. The number of hydrogen-bond acceptors (Lipinski definition) is 2. The molecule has 1 aliphatic heterocycles. The number of hydrogen-bond donors (Lipinski definition) is 1. The highest BCUT2D eigenvalue weighted by Gasteiger charge is 2.60. The van der Waals surface area contributed by atoms with E-state index in [2.05, 4.69) is 32.1 Å². The second kappa shape index (κ2) is 6.11. The maximum Gasteiger partial charge on any atom is 0.246 e. The van der Waals surface area contributed by atoms with Gasteiger partial charge in [0.2, 0.25) is 5.91 Å². The van der Waals surface area contributed by atoms with Crippen LogP contribution in [0.4, 0.5) is 0 Å². The van der Waals surface area contributed by atoms with Gasteiger partial charge in [-0.15, -0.1) is 0 Å². The Morgan fingerprint density at radius 1 is 1.00 bits per heavy atom. The number of amides is 1. The summed E-state index contributed by atoms with van der Waals surface area (Å²) in [5, 5.41) is 9.69. The number of aromatic hydroxyl groups is 1. The third kappa shape index (κ3) is 2.37. The van der Waals surface area contributed by atoms with Crippen LogP contribution in [0, 0.1) is 28.6 Å². The van der Waals surface area contributed by atoms with Crippen molar-refractivity contribution in [3.8, 4) is 5.75 Å². The van der Waals surface area contributed by atoms with E-state index in [-0.39, 0.29) is 11.3 Å². The van der Waals surface area contributed by atoms with Gasteiger partial charge in [0.15, 0.2) is 0 Å². The Labute approximate surface area is 168 Å². The predicted octanol–water partition coefficient (Wildman–Crippen LogP) is 5.12. The summed E-state index contributed by atoms with van der Waals surface area (Å²) in [7, 11) is 2.00. The Balaban J connectivity index is 1.46. The average Bonchev–Trinajstić information content (AvgIpc) is 3.03. The molecule has 0 bridgehead atoms. The van der Waals surface area contributed by atoms with Crippen LogP contribution in [0.1, 0.15) is 63.9 Å². The topological polar surface area (TPSA) is 40.5 Å². The van der Waals surface area contributed by atoms with E-state index in [0.29, 0.717) is 29.0 Å². The maximum absolute atomic E-state index is 12.2. The summed E-state index contributed by atoms with van der Waals surface area (Å²) in [5.74, 6) is 3.38. The van der Waals surface area contributed by atoms with Gasteiger partial charge in [0.1, 0.15) is 5.75 Å². The van der Waals surface area contributed by atoms with E-state index in [1.54, 1.807) is 0 Å². The lowest BCUT2D eigenvalue weighted by Crippen LogP contribution is -2.59. The molecule has 2 unspecified atom stereocenters. The van der Waals surface area contributed by atoms with Crippen molar-refractivity contribution >= 4 is 5.91 Å². The molecule has 1 aromatic rings. The fourth-order valence-electron chi connectivity index (χ4n) is 7.99. The van der Waals surface area contributed by atoms with Gasteiger partial charge in [-0.2, -0.15) is 0 Å². The first kappa shape index (κ1) is 18.3. The number of carbonyl (C=O) groups is 1. The summed E-state index contributed by atoms with van der Waals surface area (Å²) >= 11 is 0. The van der Waals surface area contributed by atoms with E-state index in [1.165, 1.54) is 37.7 Å². The highest BCUT2D eigenvalue weighted by molar-refractivity contribution is 5.89. The van der Waals surface area contributed by atoms with Crippen molar-refractivity contribution in [1.29, 1.82) is 0 Å². The van der Waals surface area contributed by atoms with Gasteiger partial charge < -0.3 is 10.0 Å². The van der Waals surface area contributed by atoms with E-state index in [9.17, 15) is 9.90 Å². The highest BCUT2D eigenvalue weighted by Crippen LogP contribution is 2.67. The van der Waals surface area contributed by atoms with E-state index in [4.69, 9.17) is 0 Å². The van der Waals surface area contributed by atoms with Gasteiger partial charge >= 0.3 is 0 Å². The zero-order valence-corrected chi connectivity index (χ0v) is 17.4. The van der Waals surface area contributed by atoms with Crippen molar-refractivity contribution in [2.45, 2.75) is 64.3 Å². The molecule has 0 saturated heterocycles. The molecule has 5 rings (SSSR count). The summed E-state index contributed by atoms with van der Waals surface area (Å²) < 4.78 is 0. The number of nitrogens with zero attached hydrogens (tertiary/aromatic N) is 1. The number of carbonyl (C=O) groups excluding carboxylic acids is 1. The molecular weight excluding hydrogens is 346 g/mol. The third-order valence-corrected chi connectivity index (χ3v) is 9.42. The van der Waals surface area contributed by atoms with Crippen LogP contribution in [-0.2, 0) is 4.79 Å². The van der Waals surface area contributed by atoms with Gasteiger partial charge in [0, 0.05) is 18.5 Å². The van der Waals surface area contributed by atoms with Crippen LogP contribution in [0.25, 0.3) is 0 Å². The number of rotatable bonds is 1. The minimum Gasteiger partial charge on any atom is -0.508 e. The first-order chi connectivity index (χ1) is 13.3. The molecule has 150 valence electrons. The average molecular weight is 380 g/mol. The van der Waals surface area contributed by atoms with Crippen molar-refractivity contribution < 1.29 is 9.90 Å². The second-order valence-corrected chi connectivity index (χ2v) is 10.4. The number of likely N-dealkylation sites (N-methyl/N-ethyl adjacent to an activating group) is 1. The van der Waals surface area contributed by atoms with E-state index in [1.807, 2.05) is 30.2 Å². The van der Waals surface area contributed by atoms with Crippen molar-refractivity contribution in [3.63, 3.8) is 0 Å².